The number of para-hydroxylation sites is 1. The standard InChI is InChI=1S/C31H37N3/c1-9-18-31(8)23-17-16-22(29(3,4)5)20-26(23)33-25-15-12-19-32-27(25)34(28(33)30(31,6)7)24-14-11-10-13-21(24)2/h9-17,19-20,28H,1,18H2,2-8H3. The van der Waals surface area contributed by atoms with Crippen molar-refractivity contribution in [3.05, 3.63) is 90.1 Å². The van der Waals surface area contributed by atoms with E-state index in [-0.39, 0.29) is 22.4 Å². The average Bonchev–Trinajstić information content (AvgIpc) is 3.14. The maximum atomic E-state index is 4.95. The van der Waals surface area contributed by atoms with Crippen LogP contribution in [0.2, 0.25) is 0 Å². The number of benzene rings is 2. The van der Waals surface area contributed by atoms with E-state index in [9.17, 15) is 0 Å². The van der Waals surface area contributed by atoms with Crippen molar-refractivity contribution in [2.45, 2.75) is 71.9 Å². The van der Waals surface area contributed by atoms with Crippen LogP contribution in [-0.4, -0.2) is 11.1 Å². The number of aromatic nitrogens is 1. The third-order valence-electron chi connectivity index (χ3n) is 8.46. The smallest absolute Gasteiger partial charge is 0.158 e. The topological polar surface area (TPSA) is 19.4 Å². The first kappa shape index (κ1) is 22.7. The Kier molecular flexibility index (Phi) is 4.99. The Morgan fingerprint density at radius 1 is 0.941 bits per heavy atom. The largest absolute Gasteiger partial charge is 0.316 e. The molecule has 0 bridgehead atoms. The van der Waals surface area contributed by atoms with Gasteiger partial charge in [0, 0.05) is 28.4 Å². The number of allylic oxidation sites excluding steroid dienone is 1. The lowest BCUT2D eigenvalue weighted by Gasteiger charge is -2.57. The third kappa shape index (κ3) is 2.99. The van der Waals surface area contributed by atoms with E-state index in [4.69, 9.17) is 4.98 Å². The van der Waals surface area contributed by atoms with Crippen molar-refractivity contribution in [2.75, 3.05) is 9.80 Å². The highest BCUT2D eigenvalue weighted by atomic mass is 15.5. The van der Waals surface area contributed by atoms with Crippen LogP contribution in [0, 0.1) is 12.3 Å². The molecule has 0 saturated heterocycles. The molecule has 3 nitrogen and oxygen atoms in total. The van der Waals surface area contributed by atoms with Gasteiger partial charge in [-0.25, -0.2) is 4.98 Å². The number of nitrogens with zero attached hydrogens (tertiary/aromatic N) is 3. The van der Waals surface area contributed by atoms with Gasteiger partial charge in [-0.15, -0.1) is 6.58 Å². The molecule has 0 amide bonds. The van der Waals surface area contributed by atoms with E-state index in [0.717, 1.165) is 12.2 Å². The molecule has 3 aromatic rings. The van der Waals surface area contributed by atoms with Gasteiger partial charge in [0.25, 0.3) is 0 Å². The van der Waals surface area contributed by atoms with Crippen LogP contribution >= 0.6 is 0 Å². The van der Waals surface area contributed by atoms with Gasteiger partial charge in [0.15, 0.2) is 5.82 Å². The van der Waals surface area contributed by atoms with Gasteiger partial charge in [-0.05, 0) is 59.7 Å². The molecule has 2 aliphatic heterocycles. The van der Waals surface area contributed by atoms with Gasteiger partial charge in [0.1, 0.15) is 6.17 Å². The molecule has 3 heteroatoms. The van der Waals surface area contributed by atoms with Gasteiger partial charge in [-0.1, -0.05) is 78.0 Å². The molecular formula is C31H37N3. The molecule has 0 saturated carbocycles. The van der Waals surface area contributed by atoms with Gasteiger partial charge < -0.3 is 9.80 Å². The van der Waals surface area contributed by atoms with E-state index >= 15 is 0 Å². The molecule has 2 unspecified atom stereocenters. The van der Waals surface area contributed by atoms with E-state index < -0.39 is 0 Å². The number of hydrogen-bond acceptors (Lipinski definition) is 3. The van der Waals surface area contributed by atoms with Crippen LogP contribution in [0.4, 0.5) is 22.9 Å². The van der Waals surface area contributed by atoms with E-state index in [1.54, 1.807) is 0 Å². The summed E-state index contributed by atoms with van der Waals surface area (Å²) in [5.74, 6) is 1.03. The first-order valence-electron chi connectivity index (χ1n) is 12.4. The van der Waals surface area contributed by atoms with E-state index in [0.29, 0.717) is 0 Å². The first-order chi connectivity index (χ1) is 16.0. The van der Waals surface area contributed by atoms with Crippen LogP contribution in [0.15, 0.2) is 73.4 Å². The highest BCUT2D eigenvalue weighted by Gasteiger charge is 2.59. The summed E-state index contributed by atoms with van der Waals surface area (Å²) in [6.07, 6.45) is 5.02. The Hall–Kier alpha value is -3.07. The first-order valence-corrected chi connectivity index (χ1v) is 12.4. The van der Waals surface area contributed by atoms with E-state index in [2.05, 4.69) is 126 Å². The van der Waals surface area contributed by atoms with Crippen molar-refractivity contribution in [1.82, 2.24) is 4.98 Å². The van der Waals surface area contributed by atoms with Gasteiger partial charge in [0.2, 0.25) is 0 Å². The minimum absolute atomic E-state index is 0.0690. The van der Waals surface area contributed by atoms with Crippen molar-refractivity contribution in [1.29, 1.82) is 0 Å². The molecule has 0 fully saturated rings. The Labute approximate surface area is 205 Å². The second kappa shape index (κ2) is 7.46. The zero-order chi connectivity index (χ0) is 24.5. The lowest BCUT2D eigenvalue weighted by Crippen LogP contribution is -2.61. The monoisotopic (exact) mass is 451 g/mol. The lowest BCUT2D eigenvalue weighted by atomic mass is 9.56. The van der Waals surface area contributed by atoms with Crippen molar-refractivity contribution in [3.63, 3.8) is 0 Å². The highest BCUT2D eigenvalue weighted by Crippen LogP contribution is 2.63. The molecule has 0 N–H and O–H groups in total. The third-order valence-corrected chi connectivity index (χ3v) is 8.46. The van der Waals surface area contributed by atoms with Crippen LogP contribution in [-0.2, 0) is 10.8 Å². The molecule has 0 radical (unpaired) electrons. The van der Waals surface area contributed by atoms with Crippen LogP contribution in [0.5, 0.6) is 0 Å². The summed E-state index contributed by atoms with van der Waals surface area (Å²) < 4.78 is 0. The average molecular weight is 452 g/mol. The summed E-state index contributed by atoms with van der Waals surface area (Å²) in [6.45, 7) is 20.5. The normalized spacial score (nSPS) is 22.7. The summed E-state index contributed by atoms with van der Waals surface area (Å²) in [7, 11) is 0. The number of fused-ring (bicyclic) bond motifs is 5. The fourth-order valence-corrected chi connectivity index (χ4v) is 6.07. The predicted molar refractivity (Wildman–Crippen MR) is 145 cm³/mol. The maximum Gasteiger partial charge on any atom is 0.158 e. The van der Waals surface area contributed by atoms with Crippen LogP contribution < -0.4 is 9.80 Å². The van der Waals surface area contributed by atoms with Gasteiger partial charge >= 0.3 is 0 Å². The second-order valence-electron chi connectivity index (χ2n) is 11.8. The van der Waals surface area contributed by atoms with E-state index in [1.807, 2.05) is 6.20 Å². The molecule has 0 spiro atoms. The quantitative estimate of drug-likeness (QED) is 0.374. The Balaban J connectivity index is 1.86. The summed E-state index contributed by atoms with van der Waals surface area (Å²) in [5.41, 5.74) is 7.57. The molecular weight excluding hydrogens is 414 g/mol. The van der Waals surface area contributed by atoms with Crippen molar-refractivity contribution < 1.29 is 0 Å². The fourth-order valence-electron chi connectivity index (χ4n) is 6.07. The van der Waals surface area contributed by atoms with Gasteiger partial charge in [-0.2, -0.15) is 0 Å². The van der Waals surface area contributed by atoms with Crippen LogP contribution in [0.25, 0.3) is 0 Å². The predicted octanol–water partition coefficient (Wildman–Crippen LogP) is 8.18. The SMILES string of the molecule is C=CCC1(C)c2ccc(C(C)(C)C)cc2N2c3cccnc3N(c3ccccc3C)C2C1(C)C. The van der Waals surface area contributed by atoms with Crippen molar-refractivity contribution in [2.24, 2.45) is 5.41 Å². The maximum absolute atomic E-state index is 4.95. The molecule has 0 aliphatic carbocycles. The fraction of sp³-hybridized carbons (Fsp3) is 0.387. The zero-order valence-electron chi connectivity index (χ0n) is 21.7. The van der Waals surface area contributed by atoms with Crippen molar-refractivity contribution in [3.8, 4) is 0 Å². The number of rotatable bonds is 3. The summed E-state index contributed by atoms with van der Waals surface area (Å²) in [6, 6.07) is 20.1. The van der Waals surface area contributed by atoms with Gasteiger partial charge in [0.05, 0.1) is 5.69 Å². The molecule has 2 atom stereocenters. The number of hydrogen-bond donors (Lipinski definition) is 0. The molecule has 2 aliphatic rings. The molecule has 34 heavy (non-hydrogen) atoms. The number of pyridine rings is 1. The number of aryl methyl sites for hydroxylation is 1. The highest BCUT2D eigenvalue weighted by molar-refractivity contribution is 5.89. The molecule has 2 aromatic carbocycles. The Morgan fingerprint density at radius 2 is 1.65 bits per heavy atom. The molecule has 1 aromatic heterocycles. The minimum Gasteiger partial charge on any atom is -0.316 e. The minimum atomic E-state index is -0.111. The Morgan fingerprint density at radius 3 is 2.32 bits per heavy atom. The second-order valence-corrected chi connectivity index (χ2v) is 11.8. The summed E-state index contributed by atoms with van der Waals surface area (Å²) in [4.78, 5) is 9.99. The number of anilines is 4. The summed E-state index contributed by atoms with van der Waals surface area (Å²) in [5, 5.41) is 0. The molecule has 176 valence electrons. The van der Waals surface area contributed by atoms with Crippen LogP contribution in [0.3, 0.4) is 0 Å². The molecule has 3 heterocycles. The lowest BCUT2D eigenvalue weighted by molar-refractivity contribution is 0.131. The van der Waals surface area contributed by atoms with E-state index in [1.165, 1.54) is 33.8 Å². The van der Waals surface area contributed by atoms with Crippen LogP contribution in [0.1, 0.15) is 64.7 Å². The van der Waals surface area contributed by atoms with Crippen molar-refractivity contribution >= 4 is 22.9 Å². The zero-order valence-corrected chi connectivity index (χ0v) is 21.7. The van der Waals surface area contributed by atoms with Gasteiger partial charge in [-0.3, -0.25) is 0 Å². The molecule has 5 rings (SSSR count). The summed E-state index contributed by atoms with van der Waals surface area (Å²) >= 11 is 0. The Bertz CT molecular complexity index is 1270.